The van der Waals surface area contributed by atoms with Gasteiger partial charge in [0.1, 0.15) is 0 Å². The summed E-state index contributed by atoms with van der Waals surface area (Å²) in [5, 5.41) is 31.0. The Morgan fingerprint density at radius 1 is 0.911 bits per heavy atom. The maximum absolute atomic E-state index is 14.5. The highest BCUT2D eigenvalue weighted by Crippen LogP contribution is 2.48. The highest BCUT2D eigenvalue weighted by atomic mass is 16.6. The first kappa shape index (κ1) is 38.1. The summed E-state index contributed by atoms with van der Waals surface area (Å²) in [7, 11) is 0. The third-order valence-electron chi connectivity index (χ3n) is 10.4. The van der Waals surface area contributed by atoms with Crippen LogP contribution in [0.2, 0.25) is 0 Å². The van der Waals surface area contributed by atoms with Crippen LogP contribution >= 0.6 is 0 Å². The van der Waals surface area contributed by atoms with Gasteiger partial charge in [-0.2, -0.15) is 0 Å². The number of β-lactam (4-membered cyclic amide) rings is 2. The first-order valence-electron chi connectivity index (χ1n) is 18.4. The Hall–Kier alpha value is -6.19. The molecule has 0 spiro atoms. The lowest BCUT2D eigenvalue weighted by Crippen LogP contribution is -2.55. The molecule has 0 saturated carbocycles. The summed E-state index contributed by atoms with van der Waals surface area (Å²) in [6.07, 6.45) is 4.45. The molecule has 2 N–H and O–H groups in total. The van der Waals surface area contributed by atoms with Crippen LogP contribution in [0.4, 0.5) is 17.1 Å². The lowest BCUT2D eigenvalue weighted by Gasteiger charge is -2.39. The SMILES string of the molecule is CC(=O)OC1CC(=O)N1c1cccc(CN2C(=O)[C@@](O)([C@@H](C)/C=C/CCn3cc(C(CO)c4ccccc4)nn3)c3cc(N4C(=O)CC4OC(C)=O)ccc32)c1. The molecule has 4 aromatic rings. The van der Waals surface area contributed by atoms with E-state index in [1.807, 2.05) is 36.4 Å². The molecule has 3 aromatic carbocycles. The number of esters is 2. The largest absolute Gasteiger partial charge is 0.441 e. The number of benzene rings is 3. The number of rotatable bonds is 14. The monoisotopic (exact) mass is 762 g/mol. The first-order chi connectivity index (χ1) is 26.9. The summed E-state index contributed by atoms with van der Waals surface area (Å²) >= 11 is 0. The van der Waals surface area contributed by atoms with Crippen molar-refractivity contribution >= 4 is 46.7 Å². The quantitative estimate of drug-likeness (QED) is 0.109. The lowest BCUT2D eigenvalue weighted by atomic mass is 9.82. The molecule has 3 unspecified atom stereocenters. The van der Waals surface area contributed by atoms with Crippen LogP contribution in [0.1, 0.15) is 68.3 Å². The van der Waals surface area contributed by atoms with Crippen LogP contribution in [0, 0.1) is 5.92 Å². The molecule has 3 aliphatic heterocycles. The molecule has 56 heavy (non-hydrogen) atoms. The van der Waals surface area contributed by atoms with Crippen molar-refractivity contribution in [2.75, 3.05) is 21.3 Å². The van der Waals surface area contributed by atoms with E-state index in [1.54, 1.807) is 66.3 Å². The third-order valence-corrected chi connectivity index (χ3v) is 10.4. The standard InChI is InChI=1S/C41H42N6O9/c1-25(10-7-8-17-44-23-34(42-43-44)32(24-48)29-12-5-4-6-13-29)41(54)33-19-31(47-37(52)21-39(47)56-27(3)50)15-16-35(33)45(40(41)53)22-28-11-9-14-30(18-28)46-36(51)20-38(46)55-26(2)49/h4-7,9-16,18-19,23,25,32,38-39,48,54H,8,17,20-22,24H2,1-3H3/b10-7+/t25-,32?,38?,39?,41+/m0/s1. The average molecular weight is 763 g/mol. The summed E-state index contributed by atoms with van der Waals surface area (Å²) in [5.74, 6) is -3.19. The fraction of sp³-hybridized carbons (Fsp3) is 0.341. The zero-order chi connectivity index (χ0) is 39.7. The Morgan fingerprint density at radius 2 is 1.57 bits per heavy atom. The second-order valence-electron chi connectivity index (χ2n) is 14.2. The number of nitrogens with zero attached hydrogens (tertiary/aromatic N) is 6. The summed E-state index contributed by atoms with van der Waals surface area (Å²) in [4.78, 5) is 67.2. The Bertz CT molecular complexity index is 2210. The second kappa shape index (κ2) is 15.5. The third kappa shape index (κ3) is 7.18. The van der Waals surface area contributed by atoms with Gasteiger partial charge in [-0.15, -0.1) is 5.10 Å². The van der Waals surface area contributed by atoms with Crippen molar-refractivity contribution in [2.45, 2.75) is 77.1 Å². The van der Waals surface area contributed by atoms with E-state index in [1.165, 1.54) is 28.5 Å². The van der Waals surface area contributed by atoms with Crippen LogP contribution < -0.4 is 14.7 Å². The molecular weight excluding hydrogens is 720 g/mol. The van der Waals surface area contributed by atoms with Gasteiger partial charge in [-0.25, -0.2) is 0 Å². The van der Waals surface area contributed by atoms with E-state index in [4.69, 9.17) is 9.47 Å². The van der Waals surface area contributed by atoms with Gasteiger partial charge in [-0.05, 0) is 47.9 Å². The minimum Gasteiger partial charge on any atom is -0.441 e. The number of carbonyl (C=O) groups excluding carboxylic acids is 5. The van der Waals surface area contributed by atoms with Gasteiger partial charge in [-0.3, -0.25) is 38.5 Å². The molecule has 7 rings (SSSR count). The van der Waals surface area contributed by atoms with Crippen molar-refractivity contribution in [3.8, 4) is 0 Å². The number of aromatic nitrogens is 3. The number of aryl methyl sites for hydroxylation is 1. The van der Waals surface area contributed by atoms with E-state index in [9.17, 15) is 34.2 Å². The van der Waals surface area contributed by atoms with Gasteiger partial charge in [-0.1, -0.05) is 66.8 Å². The highest BCUT2D eigenvalue weighted by Gasteiger charge is 2.53. The van der Waals surface area contributed by atoms with E-state index in [-0.39, 0.29) is 49.3 Å². The molecule has 2 fully saturated rings. The molecule has 1 aromatic heterocycles. The molecule has 290 valence electrons. The van der Waals surface area contributed by atoms with Crippen LogP contribution in [-0.2, 0) is 52.1 Å². The lowest BCUT2D eigenvalue weighted by molar-refractivity contribution is -0.155. The molecule has 3 amide bonds. The van der Waals surface area contributed by atoms with Gasteiger partial charge in [0.2, 0.25) is 11.8 Å². The first-order valence-corrected chi connectivity index (χ1v) is 18.4. The predicted molar refractivity (Wildman–Crippen MR) is 202 cm³/mol. The Morgan fingerprint density at radius 3 is 2.20 bits per heavy atom. The summed E-state index contributed by atoms with van der Waals surface area (Å²) < 4.78 is 12.3. The van der Waals surface area contributed by atoms with Crippen LogP contribution in [0.5, 0.6) is 0 Å². The molecule has 0 bridgehead atoms. The summed E-state index contributed by atoms with van der Waals surface area (Å²) in [6.45, 7) is 4.63. The zero-order valence-electron chi connectivity index (χ0n) is 31.1. The predicted octanol–water partition coefficient (Wildman–Crippen LogP) is 3.67. The fourth-order valence-electron chi connectivity index (χ4n) is 7.48. The number of allylic oxidation sites excluding steroid dienone is 1. The maximum atomic E-state index is 14.5. The number of hydrogen-bond donors (Lipinski definition) is 2. The molecule has 2 saturated heterocycles. The van der Waals surface area contributed by atoms with Gasteiger partial charge >= 0.3 is 11.9 Å². The van der Waals surface area contributed by atoms with Crippen molar-refractivity contribution in [3.63, 3.8) is 0 Å². The number of carbonyl (C=O) groups is 5. The number of aliphatic hydroxyl groups is 2. The maximum Gasteiger partial charge on any atom is 0.304 e. The number of aliphatic hydroxyl groups excluding tert-OH is 1. The summed E-state index contributed by atoms with van der Waals surface area (Å²) in [5.41, 5.74) is 1.72. The summed E-state index contributed by atoms with van der Waals surface area (Å²) in [6, 6.07) is 21.4. The average Bonchev–Trinajstić information content (AvgIpc) is 3.70. The molecular formula is C41H42N6O9. The van der Waals surface area contributed by atoms with Gasteiger partial charge in [0.15, 0.2) is 18.1 Å². The molecule has 3 aliphatic rings. The Labute approximate surface area is 322 Å². The number of hydrogen-bond acceptors (Lipinski definition) is 11. The molecule has 0 aliphatic carbocycles. The van der Waals surface area contributed by atoms with Gasteiger partial charge < -0.3 is 24.6 Å². The Balaban J connectivity index is 1.13. The number of ether oxygens (including phenoxy) is 2. The van der Waals surface area contributed by atoms with Crippen molar-refractivity contribution < 1.29 is 43.7 Å². The highest BCUT2D eigenvalue weighted by molar-refractivity contribution is 6.09. The number of anilines is 3. The van der Waals surface area contributed by atoms with Crippen LogP contribution in [-0.4, -0.2) is 73.9 Å². The van der Waals surface area contributed by atoms with E-state index in [2.05, 4.69) is 10.3 Å². The van der Waals surface area contributed by atoms with Crippen molar-refractivity contribution in [2.24, 2.45) is 5.92 Å². The Kier molecular flexibility index (Phi) is 10.6. The molecule has 15 heteroatoms. The van der Waals surface area contributed by atoms with Gasteiger partial charge in [0, 0.05) is 49.4 Å². The van der Waals surface area contributed by atoms with Gasteiger partial charge in [0.25, 0.3) is 5.91 Å². The molecule has 15 nitrogen and oxygen atoms in total. The topological polar surface area (TPSA) is 185 Å². The second-order valence-corrected chi connectivity index (χ2v) is 14.2. The van der Waals surface area contributed by atoms with E-state index >= 15 is 0 Å². The van der Waals surface area contributed by atoms with E-state index in [0.717, 1.165) is 5.56 Å². The molecule has 0 radical (unpaired) electrons. The molecule has 5 atom stereocenters. The van der Waals surface area contributed by atoms with Crippen LogP contribution in [0.15, 0.2) is 91.1 Å². The van der Waals surface area contributed by atoms with Crippen molar-refractivity contribution in [1.82, 2.24) is 15.0 Å². The number of amides is 3. The van der Waals surface area contributed by atoms with Gasteiger partial charge in [0.05, 0.1) is 43.3 Å². The minimum atomic E-state index is -2.05. The zero-order valence-corrected chi connectivity index (χ0v) is 31.1. The van der Waals surface area contributed by atoms with Crippen LogP contribution in [0.25, 0.3) is 0 Å². The molecule has 4 heterocycles. The van der Waals surface area contributed by atoms with E-state index in [0.29, 0.717) is 41.3 Å². The minimum absolute atomic E-state index is 0.0134. The smallest absolute Gasteiger partial charge is 0.304 e. The normalized spacial score (nSPS) is 21.4. The fourth-order valence-corrected chi connectivity index (χ4v) is 7.48. The number of fused-ring (bicyclic) bond motifs is 1. The van der Waals surface area contributed by atoms with E-state index < -0.39 is 41.8 Å². The van der Waals surface area contributed by atoms with Crippen molar-refractivity contribution in [1.29, 1.82) is 0 Å². The van der Waals surface area contributed by atoms with Crippen molar-refractivity contribution in [3.05, 3.63) is 114 Å². The van der Waals surface area contributed by atoms with Crippen LogP contribution in [0.3, 0.4) is 0 Å².